The third kappa shape index (κ3) is 6.04. The molecule has 154 valence electrons. The SMILES string of the molecule is CNC(=O)c1cccc(NC(=O)CN2CCN(Cc3ccc(OC)cc3)CC2)c1. The molecule has 0 aliphatic carbocycles. The van der Waals surface area contributed by atoms with Gasteiger partial charge in [-0.25, -0.2) is 0 Å². The normalized spacial score (nSPS) is 15.0. The number of carbonyl (C=O) groups is 2. The lowest BCUT2D eigenvalue weighted by Gasteiger charge is -2.34. The maximum absolute atomic E-state index is 12.4. The number of hydrogen-bond acceptors (Lipinski definition) is 5. The first kappa shape index (κ1) is 20.8. The van der Waals surface area contributed by atoms with Gasteiger partial charge in [0.2, 0.25) is 5.91 Å². The van der Waals surface area contributed by atoms with Gasteiger partial charge in [0.1, 0.15) is 5.75 Å². The summed E-state index contributed by atoms with van der Waals surface area (Å²) in [5.41, 5.74) is 2.42. The predicted molar refractivity (Wildman–Crippen MR) is 113 cm³/mol. The summed E-state index contributed by atoms with van der Waals surface area (Å²) in [5, 5.41) is 5.47. The third-order valence-electron chi connectivity index (χ3n) is 5.03. The maximum atomic E-state index is 12.4. The van der Waals surface area contributed by atoms with Crippen LogP contribution in [0.15, 0.2) is 48.5 Å². The van der Waals surface area contributed by atoms with Crippen molar-refractivity contribution in [1.29, 1.82) is 0 Å². The Labute approximate surface area is 171 Å². The smallest absolute Gasteiger partial charge is 0.251 e. The summed E-state index contributed by atoms with van der Waals surface area (Å²) in [7, 11) is 3.25. The summed E-state index contributed by atoms with van der Waals surface area (Å²) in [6, 6.07) is 15.1. The van der Waals surface area contributed by atoms with Crippen LogP contribution in [0.1, 0.15) is 15.9 Å². The van der Waals surface area contributed by atoms with Crippen molar-refractivity contribution < 1.29 is 14.3 Å². The molecule has 0 radical (unpaired) electrons. The molecule has 1 aliphatic rings. The molecular formula is C22H28N4O3. The van der Waals surface area contributed by atoms with E-state index in [4.69, 9.17) is 4.74 Å². The second-order valence-corrected chi connectivity index (χ2v) is 7.11. The minimum absolute atomic E-state index is 0.0670. The maximum Gasteiger partial charge on any atom is 0.251 e. The van der Waals surface area contributed by atoms with Gasteiger partial charge in [0, 0.05) is 51.0 Å². The number of nitrogens with zero attached hydrogens (tertiary/aromatic N) is 2. The average molecular weight is 396 g/mol. The van der Waals surface area contributed by atoms with Crippen LogP contribution < -0.4 is 15.4 Å². The van der Waals surface area contributed by atoms with Gasteiger partial charge in [-0.1, -0.05) is 18.2 Å². The Balaban J connectivity index is 1.44. The third-order valence-corrected chi connectivity index (χ3v) is 5.03. The summed E-state index contributed by atoms with van der Waals surface area (Å²) in [5.74, 6) is 0.627. The number of ether oxygens (including phenoxy) is 1. The van der Waals surface area contributed by atoms with Crippen LogP contribution >= 0.6 is 0 Å². The van der Waals surface area contributed by atoms with Gasteiger partial charge >= 0.3 is 0 Å². The number of methoxy groups -OCH3 is 1. The lowest BCUT2D eigenvalue weighted by atomic mass is 10.2. The number of nitrogens with one attached hydrogen (secondary N) is 2. The Morgan fingerprint density at radius 3 is 2.34 bits per heavy atom. The second kappa shape index (κ2) is 10.0. The first-order chi connectivity index (χ1) is 14.1. The average Bonchev–Trinajstić information content (AvgIpc) is 2.75. The zero-order valence-electron chi connectivity index (χ0n) is 17.0. The van der Waals surface area contributed by atoms with Crippen molar-refractivity contribution in [3.05, 3.63) is 59.7 Å². The first-order valence-corrected chi connectivity index (χ1v) is 9.77. The van der Waals surface area contributed by atoms with Gasteiger partial charge in [0.05, 0.1) is 13.7 Å². The predicted octanol–water partition coefficient (Wildman–Crippen LogP) is 1.81. The van der Waals surface area contributed by atoms with Crippen LogP contribution in [0, 0.1) is 0 Å². The van der Waals surface area contributed by atoms with Crippen molar-refractivity contribution >= 4 is 17.5 Å². The molecule has 2 aromatic rings. The van der Waals surface area contributed by atoms with Crippen LogP contribution in [0.25, 0.3) is 0 Å². The van der Waals surface area contributed by atoms with Crippen molar-refractivity contribution in [2.45, 2.75) is 6.54 Å². The van der Waals surface area contributed by atoms with Crippen LogP contribution in [0.3, 0.4) is 0 Å². The zero-order chi connectivity index (χ0) is 20.6. The van der Waals surface area contributed by atoms with E-state index in [1.165, 1.54) is 5.56 Å². The van der Waals surface area contributed by atoms with E-state index in [-0.39, 0.29) is 11.8 Å². The molecule has 0 bridgehead atoms. The number of piperazine rings is 1. The van der Waals surface area contributed by atoms with Gasteiger partial charge in [-0.2, -0.15) is 0 Å². The molecule has 3 rings (SSSR count). The number of benzene rings is 2. The molecule has 0 aromatic heterocycles. The van der Waals surface area contributed by atoms with E-state index in [0.717, 1.165) is 38.5 Å². The second-order valence-electron chi connectivity index (χ2n) is 7.11. The molecular weight excluding hydrogens is 368 g/mol. The molecule has 1 saturated heterocycles. The van der Waals surface area contributed by atoms with E-state index in [1.807, 2.05) is 12.1 Å². The number of carbonyl (C=O) groups excluding carboxylic acids is 2. The quantitative estimate of drug-likeness (QED) is 0.747. The molecule has 2 N–H and O–H groups in total. The van der Waals surface area contributed by atoms with Crippen molar-refractivity contribution in [3.63, 3.8) is 0 Å². The first-order valence-electron chi connectivity index (χ1n) is 9.77. The fourth-order valence-corrected chi connectivity index (χ4v) is 3.38. The van der Waals surface area contributed by atoms with E-state index >= 15 is 0 Å². The highest BCUT2D eigenvalue weighted by Gasteiger charge is 2.19. The number of rotatable bonds is 7. The van der Waals surface area contributed by atoms with Crippen LogP contribution in [-0.4, -0.2) is 68.5 Å². The molecule has 1 heterocycles. The molecule has 7 heteroatoms. The van der Waals surface area contributed by atoms with Crippen LogP contribution in [0.5, 0.6) is 5.75 Å². The van der Waals surface area contributed by atoms with Crippen molar-refractivity contribution in [2.24, 2.45) is 0 Å². The molecule has 2 amide bonds. The molecule has 0 spiro atoms. The molecule has 7 nitrogen and oxygen atoms in total. The minimum atomic E-state index is -0.172. The van der Waals surface area contributed by atoms with Crippen molar-refractivity contribution in [2.75, 3.05) is 52.2 Å². The van der Waals surface area contributed by atoms with Gasteiger partial charge in [-0.15, -0.1) is 0 Å². The Bertz CT molecular complexity index is 830. The summed E-state index contributed by atoms with van der Waals surface area (Å²) in [6.07, 6.45) is 0. The van der Waals surface area contributed by atoms with Crippen LogP contribution in [0.2, 0.25) is 0 Å². The lowest BCUT2D eigenvalue weighted by molar-refractivity contribution is -0.117. The monoisotopic (exact) mass is 396 g/mol. The summed E-state index contributed by atoms with van der Waals surface area (Å²) in [6.45, 7) is 4.79. The van der Waals surface area contributed by atoms with E-state index < -0.39 is 0 Å². The molecule has 2 aromatic carbocycles. The Hall–Kier alpha value is -2.90. The van der Waals surface area contributed by atoms with Crippen LogP contribution in [0.4, 0.5) is 5.69 Å². The summed E-state index contributed by atoms with van der Waals surface area (Å²) >= 11 is 0. The Morgan fingerprint density at radius 2 is 1.69 bits per heavy atom. The molecule has 0 unspecified atom stereocenters. The lowest BCUT2D eigenvalue weighted by Crippen LogP contribution is -2.48. The fraction of sp³-hybridized carbons (Fsp3) is 0.364. The van der Waals surface area contributed by atoms with Gasteiger partial charge in [0.15, 0.2) is 0 Å². The van der Waals surface area contributed by atoms with Gasteiger partial charge < -0.3 is 15.4 Å². The van der Waals surface area contributed by atoms with Gasteiger partial charge in [-0.05, 0) is 35.9 Å². The van der Waals surface area contributed by atoms with Crippen LogP contribution in [-0.2, 0) is 11.3 Å². The highest BCUT2D eigenvalue weighted by Crippen LogP contribution is 2.14. The van der Waals surface area contributed by atoms with E-state index in [1.54, 1.807) is 38.4 Å². The molecule has 1 aliphatic heterocycles. The Kier molecular flexibility index (Phi) is 7.21. The van der Waals surface area contributed by atoms with Crippen molar-refractivity contribution in [3.8, 4) is 5.75 Å². The topological polar surface area (TPSA) is 73.9 Å². The molecule has 1 fully saturated rings. The largest absolute Gasteiger partial charge is 0.497 e. The van der Waals surface area contributed by atoms with E-state index in [9.17, 15) is 9.59 Å². The molecule has 0 saturated carbocycles. The molecule has 0 atom stereocenters. The number of amides is 2. The number of anilines is 1. The van der Waals surface area contributed by atoms with Crippen molar-refractivity contribution in [1.82, 2.24) is 15.1 Å². The highest BCUT2D eigenvalue weighted by atomic mass is 16.5. The standard InChI is InChI=1S/C22H28N4O3/c1-23-22(28)18-4-3-5-19(14-18)24-21(27)16-26-12-10-25(11-13-26)15-17-6-8-20(29-2)9-7-17/h3-9,14H,10-13,15-16H2,1-2H3,(H,23,28)(H,24,27). The number of hydrogen-bond donors (Lipinski definition) is 2. The minimum Gasteiger partial charge on any atom is -0.497 e. The van der Waals surface area contributed by atoms with Gasteiger partial charge in [0.25, 0.3) is 5.91 Å². The van der Waals surface area contributed by atoms with E-state index in [2.05, 4.69) is 32.6 Å². The van der Waals surface area contributed by atoms with Gasteiger partial charge in [-0.3, -0.25) is 19.4 Å². The Morgan fingerprint density at radius 1 is 1.00 bits per heavy atom. The molecule has 29 heavy (non-hydrogen) atoms. The fourth-order valence-electron chi connectivity index (χ4n) is 3.38. The van der Waals surface area contributed by atoms with E-state index in [0.29, 0.717) is 17.8 Å². The zero-order valence-corrected chi connectivity index (χ0v) is 17.0. The summed E-state index contributed by atoms with van der Waals surface area (Å²) in [4.78, 5) is 28.7. The highest BCUT2D eigenvalue weighted by molar-refractivity contribution is 5.97. The summed E-state index contributed by atoms with van der Waals surface area (Å²) < 4.78 is 5.20.